The Morgan fingerprint density at radius 3 is 2.56 bits per heavy atom. The van der Waals surface area contributed by atoms with Crippen LogP contribution in [0.4, 0.5) is 0 Å². The van der Waals surface area contributed by atoms with Gasteiger partial charge in [-0.2, -0.15) is 0 Å². The average Bonchev–Trinajstić information content (AvgIpc) is 3.20. The van der Waals surface area contributed by atoms with E-state index in [1.54, 1.807) is 0 Å². The Morgan fingerprint density at radius 2 is 1.85 bits per heavy atom. The lowest BCUT2D eigenvalue weighted by Crippen LogP contribution is -2.05. The van der Waals surface area contributed by atoms with Crippen molar-refractivity contribution < 1.29 is 0 Å². The number of benzene rings is 1. The van der Waals surface area contributed by atoms with E-state index >= 15 is 0 Å². The van der Waals surface area contributed by atoms with Crippen LogP contribution in [0.25, 0.3) is 0 Å². The van der Waals surface area contributed by atoms with Gasteiger partial charge in [0.2, 0.25) is 0 Å². The van der Waals surface area contributed by atoms with Crippen LogP contribution in [-0.2, 0) is 0 Å². The van der Waals surface area contributed by atoms with E-state index in [-0.39, 0.29) is 0 Å². The van der Waals surface area contributed by atoms with Gasteiger partial charge in [-0.25, -0.2) is 0 Å². The van der Waals surface area contributed by atoms with Gasteiger partial charge >= 0.3 is 0 Å². The zero-order valence-corrected chi connectivity index (χ0v) is 19.0. The smallest absolute Gasteiger partial charge is 0.0753 e. The molecule has 0 N–H and O–H groups in total. The van der Waals surface area contributed by atoms with Gasteiger partial charge in [-0.15, -0.1) is 0 Å². The number of nitrogens with zero attached hydrogens (tertiary/aromatic N) is 1. The largest absolute Gasteiger partial charge is 0.281 e. The second kappa shape index (κ2) is 12.3. The molecule has 1 heterocycles. The normalized spacial score (nSPS) is 21.1. The topological polar surface area (TPSA) is 12.4 Å². The number of rotatable bonds is 6. The van der Waals surface area contributed by atoms with Crippen LogP contribution in [-0.4, -0.2) is 11.8 Å². The van der Waals surface area contributed by atoms with Crippen LogP contribution < -0.4 is 0 Å². The number of halogens is 1. The number of allylic oxidation sites excluding steroid dienone is 2. The monoisotopic (exact) mass is 429 g/mol. The molecule has 0 spiro atoms. The Morgan fingerprint density at radius 1 is 1.11 bits per heavy atom. The minimum absolute atomic E-state index is 0.338. The Balaban J connectivity index is 0.00000126. The summed E-state index contributed by atoms with van der Waals surface area (Å²) in [6, 6.07) is 8.79. The van der Waals surface area contributed by atoms with Crippen molar-refractivity contribution >= 4 is 21.6 Å². The van der Waals surface area contributed by atoms with Crippen molar-refractivity contribution in [2.24, 2.45) is 10.9 Å². The molecule has 148 valence electrons. The summed E-state index contributed by atoms with van der Waals surface area (Å²) in [5.41, 5.74) is 3.92. The summed E-state index contributed by atoms with van der Waals surface area (Å²) >= 11 is 3.67. The second-order valence-electron chi connectivity index (χ2n) is 7.36. The third-order valence-electron chi connectivity index (χ3n) is 5.48. The molecule has 1 aliphatic heterocycles. The Labute approximate surface area is 175 Å². The molecule has 2 heteroatoms. The molecule has 27 heavy (non-hydrogen) atoms. The van der Waals surface area contributed by atoms with E-state index in [4.69, 9.17) is 4.99 Å². The first-order valence-electron chi connectivity index (χ1n) is 11.0. The Kier molecular flexibility index (Phi) is 10.1. The summed E-state index contributed by atoms with van der Waals surface area (Å²) in [5, 5.41) is 0. The van der Waals surface area contributed by atoms with Crippen LogP contribution in [0.15, 0.2) is 57.5 Å². The van der Waals surface area contributed by atoms with Crippen molar-refractivity contribution in [3.63, 3.8) is 0 Å². The quantitative estimate of drug-likeness (QED) is 0.403. The molecule has 2 aliphatic rings. The number of hydrogen-bond acceptors (Lipinski definition) is 1. The molecule has 0 radical (unpaired) electrons. The highest BCUT2D eigenvalue weighted by Crippen LogP contribution is 2.29. The summed E-state index contributed by atoms with van der Waals surface area (Å²) in [7, 11) is 0. The highest BCUT2D eigenvalue weighted by molar-refractivity contribution is 9.10. The maximum absolute atomic E-state index is 5.07. The molecule has 1 atom stereocenters. The van der Waals surface area contributed by atoms with Crippen molar-refractivity contribution in [2.45, 2.75) is 84.6 Å². The lowest BCUT2D eigenvalue weighted by Gasteiger charge is -2.19. The first-order chi connectivity index (χ1) is 13.3. The number of hydrogen-bond donors (Lipinski definition) is 0. The third kappa shape index (κ3) is 6.75. The maximum Gasteiger partial charge on any atom is 0.0753 e. The fourth-order valence-corrected chi connectivity index (χ4v) is 4.62. The Hall–Kier alpha value is -1.15. The summed E-state index contributed by atoms with van der Waals surface area (Å²) < 4.78 is 1.16. The van der Waals surface area contributed by atoms with Gasteiger partial charge in [0.1, 0.15) is 0 Å². The summed E-state index contributed by atoms with van der Waals surface area (Å²) in [4.78, 5) is 5.07. The molecule has 0 bridgehead atoms. The molecule has 1 aromatic carbocycles. The van der Waals surface area contributed by atoms with E-state index < -0.39 is 0 Å². The van der Waals surface area contributed by atoms with Crippen molar-refractivity contribution in [3.8, 4) is 0 Å². The summed E-state index contributed by atoms with van der Waals surface area (Å²) in [6.07, 6.45) is 18.8. The molecule has 0 aromatic heterocycles. The molecule has 0 saturated heterocycles. The lowest BCUT2D eigenvalue weighted by atomic mass is 9.86. The van der Waals surface area contributed by atoms with Crippen molar-refractivity contribution in [3.05, 3.63) is 58.1 Å². The summed E-state index contributed by atoms with van der Waals surface area (Å²) in [5.74, 6) is 0.913. The molecule has 0 amide bonds. The van der Waals surface area contributed by atoms with E-state index in [9.17, 15) is 0 Å². The molecule has 1 aromatic rings. The van der Waals surface area contributed by atoms with E-state index in [2.05, 4.69) is 65.3 Å². The van der Waals surface area contributed by atoms with E-state index in [1.807, 2.05) is 13.8 Å². The SMILES string of the molecule is CC.CC/C=C(\C=C/CC1CCCCC1)C1CCC(c2ccccc2Br)=N1. The lowest BCUT2D eigenvalue weighted by molar-refractivity contribution is 0.361. The van der Waals surface area contributed by atoms with Crippen LogP contribution >= 0.6 is 15.9 Å². The van der Waals surface area contributed by atoms with Crippen LogP contribution in [0, 0.1) is 5.92 Å². The van der Waals surface area contributed by atoms with Crippen LogP contribution in [0.1, 0.15) is 84.1 Å². The van der Waals surface area contributed by atoms with E-state index in [1.165, 1.54) is 55.4 Å². The molecule has 3 rings (SSSR count). The standard InChI is InChI=1S/C23H30BrN.C2H6/c1-2-9-19(13-8-12-18-10-4-3-5-11-18)22-16-17-23(25-22)20-14-6-7-15-21(20)24;1-2/h6-9,13-15,18,22H,2-5,10-12,16-17H2,1H3;1-2H3/b13-8-,19-9+;. The van der Waals surface area contributed by atoms with Crippen molar-refractivity contribution in [1.82, 2.24) is 0 Å². The average molecular weight is 430 g/mol. The number of aliphatic imine (C=N–C) groups is 1. The van der Waals surface area contributed by atoms with Gasteiger partial charge in [-0.3, -0.25) is 4.99 Å². The van der Waals surface area contributed by atoms with Crippen molar-refractivity contribution in [1.29, 1.82) is 0 Å². The van der Waals surface area contributed by atoms with E-state index in [0.717, 1.165) is 29.7 Å². The minimum atomic E-state index is 0.338. The maximum atomic E-state index is 5.07. The molecule has 1 nitrogen and oxygen atoms in total. The van der Waals surface area contributed by atoms with Crippen LogP contribution in [0.3, 0.4) is 0 Å². The fourth-order valence-electron chi connectivity index (χ4n) is 4.10. The Bertz CT molecular complexity index is 650. The highest BCUT2D eigenvalue weighted by Gasteiger charge is 2.21. The van der Waals surface area contributed by atoms with Crippen LogP contribution in [0.2, 0.25) is 0 Å². The zero-order chi connectivity index (χ0) is 19.5. The van der Waals surface area contributed by atoms with Crippen LogP contribution in [0.5, 0.6) is 0 Å². The van der Waals surface area contributed by atoms with Crippen molar-refractivity contribution in [2.75, 3.05) is 0 Å². The highest BCUT2D eigenvalue weighted by atomic mass is 79.9. The fraction of sp³-hybridized carbons (Fsp3) is 0.560. The molecule has 1 aliphatic carbocycles. The second-order valence-corrected chi connectivity index (χ2v) is 8.22. The van der Waals surface area contributed by atoms with E-state index in [0.29, 0.717) is 6.04 Å². The minimum Gasteiger partial charge on any atom is -0.281 e. The van der Waals surface area contributed by atoms with Gasteiger partial charge in [-0.05, 0) is 43.2 Å². The van der Waals surface area contributed by atoms with Gasteiger partial charge < -0.3 is 0 Å². The first-order valence-corrected chi connectivity index (χ1v) is 11.8. The first kappa shape index (κ1) is 22.1. The summed E-state index contributed by atoms with van der Waals surface area (Å²) in [6.45, 7) is 6.22. The molecule has 1 fully saturated rings. The van der Waals surface area contributed by atoms with Gasteiger partial charge in [0.25, 0.3) is 0 Å². The van der Waals surface area contributed by atoms with Gasteiger partial charge in [0, 0.05) is 15.7 Å². The predicted octanol–water partition coefficient (Wildman–Crippen LogP) is 8.29. The third-order valence-corrected chi connectivity index (χ3v) is 6.17. The molecular weight excluding hydrogens is 394 g/mol. The van der Waals surface area contributed by atoms with Gasteiger partial charge in [0.05, 0.1) is 6.04 Å². The van der Waals surface area contributed by atoms with Gasteiger partial charge in [0.15, 0.2) is 0 Å². The molecule has 1 saturated carbocycles. The van der Waals surface area contributed by atoms with Gasteiger partial charge in [-0.1, -0.05) is 105 Å². The predicted molar refractivity (Wildman–Crippen MR) is 124 cm³/mol. The zero-order valence-electron chi connectivity index (χ0n) is 17.4. The molecular formula is C25H36BrN. The molecule has 1 unspecified atom stereocenters.